The molecular formula is C15H29NO2. The predicted molar refractivity (Wildman–Crippen MR) is 73.6 cm³/mol. The van der Waals surface area contributed by atoms with Crippen LogP contribution in [0.2, 0.25) is 0 Å². The second-order valence-corrected chi connectivity index (χ2v) is 7.20. The van der Waals surface area contributed by atoms with Gasteiger partial charge in [0, 0.05) is 19.2 Å². The van der Waals surface area contributed by atoms with Crippen LogP contribution in [0.5, 0.6) is 0 Å². The smallest absolute Gasteiger partial charge is 0.0789 e. The van der Waals surface area contributed by atoms with E-state index in [2.05, 4.69) is 32.6 Å². The minimum Gasteiger partial charge on any atom is -0.396 e. The number of hydrogen-bond donors (Lipinski definition) is 1. The van der Waals surface area contributed by atoms with Crippen molar-refractivity contribution < 1.29 is 9.84 Å². The third-order valence-corrected chi connectivity index (χ3v) is 4.56. The van der Waals surface area contributed by atoms with E-state index in [0.29, 0.717) is 18.6 Å². The van der Waals surface area contributed by atoms with Crippen molar-refractivity contribution in [3.8, 4) is 0 Å². The number of ether oxygens (including phenoxy) is 1. The number of piperidine rings is 1. The normalized spacial score (nSPS) is 35.8. The molecule has 1 N–H and O–H groups in total. The van der Waals surface area contributed by atoms with Gasteiger partial charge in [0.1, 0.15) is 0 Å². The van der Waals surface area contributed by atoms with Gasteiger partial charge in [0.2, 0.25) is 0 Å². The van der Waals surface area contributed by atoms with Gasteiger partial charge in [-0.1, -0.05) is 0 Å². The van der Waals surface area contributed by atoms with Crippen LogP contribution in [0.25, 0.3) is 0 Å². The van der Waals surface area contributed by atoms with Gasteiger partial charge in [-0.2, -0.15) is 0 Å². The predicted octanol–water partition coefficient (Wildman–Crippen LogP) is 2.43. The lowest BCUT2D eigenvalue weighted by Crippen LogP contribution is -2.50. The van der Waals surface area contributed by atoms with Crippen LogP contribution in [0, 0.1) is 5.92 Å². The van der Waals surface area contributed by atoms with E-state index < -0.39 is 0 Å². The Labute approximate surface area is 112 Å². The standard InChI is InChI=1S/C15H29NO2/c1-14(2)10-13(15(3,4)18-14)16-8-5-6-12(11-16)7-9-17/h12-13,17H,5-11H2,1-4H3. The van der Waals surface area contributed by atoms with E-state index in [9.17, 15) is 0 Å². The summed E-state index contributed by atoms with van der Waals surface area (Å²) in [5.74, 6) is 0.670. The minimum absolute atomic E-state index is 0.00190. The average molecular weight is 255 g/mol. The van der Waals surface area contributed by atoms with Gasteiger partial charge in [-0.05, 0) is 65.8 Å². The lowest BCUT2D eigenvalue weighted by molar-refractivity contribution is -0.0836. The number of aliphatic hydroxyl groups excluding tert-OH is 1. The average Bonchev–Trinajstić information content (AvgIpc) is 2.48. The fraction of sp³-hybridized carbons (Fsp3) is 1.00. The monoisotopic (exact) mass is 255 g/mol. The Morgan fingerprint density at radius 3 is 2.56 bits per heavy atom. The highest BCUT2D eigenvalue weighted by Crippen LogP contribution is 2.41. The van der Waals surface area contributed by atoms with E-state index in [0.717, 1.165) is 19.4 Å². The van der Waals surface area contributed by atoms with Crippen molar-refractivity contribution in [1.82, 2.24) is 4.90 Å². The van der Waals surface area contributed by atoms with Crippen molar-refractivity contribution >= 4 is 0 Å². The molecule has 0 aromatic rings. The van der Waals surface area contributed by atoms with Gasteiger partial charge in [-0.3, -0.25) is 4.90 Å². The van der Waals surface area contributed by atoms with Crippen molar-refractivity contribution in [2.75, 3.05) is 19.7 Å². The van der Waals surface area contributed by atoms with Crippen molar-refractivity contribution in [2.45, 2.75) is 70.6 Å². The Balaban J connectivity index is 2.02. The van der Waals surface area contributed by atoms with Crippen LogP contribution in [-0.4, -0.2) is 46.9 Å². The molecule has 0 aromatic carbocycles. The van der Waals surface area contributed by atoms with E-state index in [1.165, 1.54) is 19.4 Å². The van der Waals surface area contributed by atoms with E-state index in [-0.39, 0.29) is 11.2 Å². The van der Waals surface area contributed by atoms with Crippen LogP contribution >= 0.6 is 0 Å². The molecule has 2 fully saturated rings. The Kier molecular flexibility index (Phi) is 4.05. The molecule has 2 heterocycles. The van der Waals surface area contributed by atoms with E-state index >= 15 is 0 Å². The van der Waals surface area contributed by atoms with Gasteiger partial charge in [-0.15, -0.1) is 0 Å². The molecule has 2 aliphatic rings. The van der Waals surface area contributed by atoms with Crippen LogP contribution in [0.3, 0.4) is 0 Å². The summed E-state index contributed by atoms with van der Waals surface area (Å²) in [4.78, 5) is 2.61. The van der Waals surface area contributed by atoms with Crippen molar-refractivity contribution in [1.29, 1.82) is 0 Å². The first-order valence-corrected chi connectivity index (χ1v) is 7.39. The molecule has 106 valence electrons. The molecule has 3 heteroatoms. The van der Waals surface area contributed by atoms with Gasteiger partial charge in [0.05, 0.1) is 11.2 Å². The Hall–Kier alpha value is -0.120. The number of rotatable bonds is 3. The number of nitrogens with zero attached hydrogens (tertiary/aromatic N) is 1. The van der Waals surface area contributed by atoms with Crippen LogP contribution in [0.1, 0.15) is 53.4 Å². The molecule has 0 saturated carbocycles. The Bertz CT molecular complexity index is 286. The van der Waals surface area contributed by atoms with Crippen molar-refractivity contribution in [3.05, 3.63) is 0 Å². The third kappa shape index (κ3) is 3.06. The van der Waals surface area contributed by atoms with Gasteiger partial charge < -0.3 is 9.84 Å². The second-order valence-electron chi connectivity index (χ2n) is 7.20. The molecule has 18 heavy (non-hydrogen) atoms. The quantitative estimate of drug-likeness (QED) is 0.840. The van der Waals surface area contributed by atoms with Crippen LogP contribution in [-0.2, 0) is 4.74 Å². The lowest BCUT2D eigenvalue weighted by Gasteiger charge is -2.41. The summed E-state index contributed by atoms with van der Waals surface area (Å²) in [5, 5.41) is 9.11. The highest BCUT2D eigenvalue weighted by atomic mass is 16.5. The van der Waals surface area contributed by atoms with Crippen LogP contribution < -0.4 is 0 Å². The van der Waals surface area contributed by atoms with Crippen LogP contribution in [0.4, 0.5) is 0 Å². The minimum atomic E-state index is -0.0510. The summed E-state index contributed by atoms with van der Waals surface area (Å²) in [6.45, 7) is 11.5. The number of aliphatic hydroxyl groups is 1. The first-order valence-electron chi connectivity index (χ1n) is 7.39. The molecule has 2 rings (SSSR count). The number of likely N-dealkylation sites (tertiary alicyclic amines) is 1. The molecular weight excluding hydrogens is 226 g/mol. The zero-order valence-electron chi connectivity index (χ0n) is 12.4. The molecule has 0 radical (unpaired) electrons. The fourth-order valence-corrected chi connectivity index (χ4v) is 3.90. The maximum absolute atomic E-state index is 9.11. The molecule has 0 aliphatic carbocycles. The van der Waals surface area contributed by atoms with Crippen LogP contribution in [0.15, 0.2) is 0 Å². The highest BCUT2D eigenvalue weighted by molar-refractivity contribution is 5.00. The van der Waals surface area contributed by atoms with E-state index in [1.54, 1.807) is 0 Å². The van der Waals surface area contributed by atoms with Gasteiger partial charge >= 0.3 is 0 Å². The van der Waals surface area contributed by atoms with Crippen molar-refractivity contribution in [3.63, 3.8) is 0 Å². The fourth-order valence-electron chi connectivity index (χ4n) is 3.90. The van der Waals surface area contributed by atoms with Gasteiger partial charge in [-0.25, -0.2) is 0 Å². The summed E-state index contributed by atoms with van der Waals surface area (Å²) in [7, 11) is 0. The van der Waals surface area contributed by atoms with E-state index in [1.807, 2.05) is 0 Å². The first-order chi connectivity index (χ1) is 8.34. The zero-order valence-corrected chi connectivity index (χ0v) is 12.4. The maximum Gasteiger partial charge on any atom is 0.0789 e. The van der Waals surface area contributed by atoms with Crippen molar-refractivity contribution in [2.24, 2.45) is 5.92 Å². The third-order valence-electron chi connectivity index (χ3n) is 4.56. The maximum atomic E-state index is 9.11. The summed E-state index contributed by atoms with van der Waals surface area (Å²) in [6, 6.07) is 0.522. The topological polar surface area (TPSA) is 32.7 Å². The molecule has 0 spiro atoms. The summed E-state index contributed by atoms with van der Waals surface area (Å²) in [5.41, 5.74) is -0.0529. The summed E-state index contributed by atoms with van der Waals surface area (Å²) < 4.78 is 6.21. The molecule has 2 atom stereocenters. The Morgan fingerprint density at radius 2 is 2.00 bits per heavy atom. The molecule has 2 unspecified atom stereocenters. The molecule has 0 bridgehead atoms. The molecule has 0 amide bonds. The zero-order chi connectivity index (χ0) is 13.4. The summed E-state index contributed by atoms with van der Waals surface area (Å²) in [6.07, 6.45) is 4.60. The summed E-state index contributed by atoms with van der Waals surface area (Å²) >= 11 is 0. The molecule has 2 aliphatic heterocycles. The lowest BCUT2D eigenvalue weighted by atomic mass is 9.88. The van der Waals surface area contributed by atoms with Gasteiger partial charge in [0.25, 0.3) is 0 Å². The SMILES string of the molecule is CC1(C)CC(N2CCCC(CCO)C2)C(C)(C)O1. The second kappa shape index (κ2) is 5.10. The van der Waals surface area contributed by atoms with Gasteiger partial charge in [0.15, 0.2) is 0 Å². The highest BCUT2D eigenvalue weighted by Gasteiger charge is 2.48. The first kappa shape index (κ1) is 14.3. The molecule has 2 saturated heterocycles. The molecule has 0 aromatic heterocycles. The largest absolute Gasteiger partial charge is 0.396 e. The van der Waals surface area contributed by atoms with E-state index in [4.69, 9.17) is 9.84 Å². The Morgan fingerprint density at radius 1 is 1.28 bits per heavy atom. The molecule has 3 nitrogen and oxygen atoms in total. The number of hydrogen-bond acceptors (Lipinski definition) is 3.